The second-order valence-corrected chi connectivity index (χ2v) is 5.56. The van der Waals surface area contributed by atoms with Crippen molar-refractivity contribution in [2.24, 2.45) is 5.92 Å². The van der Waals surface area contributed by atoms with Crippen molar-refractivity contribution in [3.8, 4) is 6.07 Å². The third-order valence-electron chi connectivity index (χ3n) is 4.12. The monoisotopic (exact) mass is 242 g/mol. The average molecular weight is 242 g/mol. The first kappa shape index (κ1) is 13.1. The molecule has 0 N–H and O–H groups in total. The maximum absolute atomic E-state index is 8.92. The van der Waals surface area contributed by atoms with E-state index in [-0.39, 0.29) is 0 Å². The number of benzene rings is 1. The van der Waals surface area contributed by atoms with Crippen LogP contribution >= 0.6 is 0 Å². The SMILES string of the molecule is CC1CCCCC1N(C)Cc1cccc(C#N)c1. The first-order valence-corrected chi connectivity index (χ1v) is 6.90. The summed E-state index contributed by atoms with van der Waals surface area (Å²) < 4.78 is 0. The number of nitrogens with zero attached hydrogens (tertiary/aromatic N) is 2. The summed E-state index contributed by atoms with van der Waals surface area (Å²) in [5, 5.41) is 8.92. The normalized spacial score (nSPS) is 23.9. The topological polar surface area (TPSA) is 27.0 Å². The van der Waals surface area contributed by atoms with Gasteiger partial charge in [-0.15, -0.1) is 0 Å². The van der Waals surface area contributed by atoms with Crippen molar-refractivity contribution >= 4 is 0 Å². The largest absolute Gasteiger partial charge is 0.299 e. The summed E-state index contributed by atoms with van der Waals surface area (Å²) in [5.74, 6) is 0.794. The molecule has 0 saturated heterocycles. The van der Waals surface area contributed by atoms with Gasteiger partial charge in [0, 0.05) is 12.6 Å². The van der Waals surface area contributed by atoms with Crippen molar-refractivity contribution in [1.82, 2.24) is 4.90 Å². The predicted molar refractivity (Wildman–Crippen MR) is 74.0 cm³/mol. The Morgan fingerprint density at radius 1 is 1.33 bits per heavy atom. The van der Waals surface area contributed by atoms with Crippen LogP contribution in [0.5, 0.6) is 0 Å². The zero-order valence-electron chi connectivity index (χ0n) is 11.4. The van der Waals surface area contributed by atoms with Crippen LogP contribution in [-0.4, -0.2) is 18.0 Å². The minimum atomic E-state index is 0.699. The molecule has 1 aliphatic rings. The van der Waals surface area contributed by atoms with Crippen molar-refractivity contribution in [2.75, 3.05) is 7.05 Å². The molecular formula is C16H22N2. The molecule has 0 spiro atoms. The standard InChI is InChI=1S/C16H22N2/c1-13-6-3-4-9-16(13)18(2)12-15-8-5-7-14(10-15)11-17/h5,7-8,10,13,16H,3-4,6,9,12H2,1-2H3. The molecule has 2 heteroatoms. The number of hydrogen-bond acceptors (Lipinski definition) is 2. The number of hydrogen-bond donors (Lipinski definition) is 0. The van der Waals surface area contributed by atoms with Crippen LogP contribution in [0.2, 0.25) is 0 Å². The van der Waals surface area contributed by atoms with Crippen molar-refractivity contribution in [1.29, 1.82) is 5.26 Å². The molecule has 0 aliphatic heterocycles. The highest BCUT2D eigenvalue weighted by atomic mass is 15.1. The van der Waals surface area contributed by atoms with E-state index in [9.17, 15) is 0 Å². The van der Waals surface area contributed by atoms with E-state index in [0.717, 1.165) is 18.0 Å². The molecular weight excluding hydrogens is 220 g/mol. The van der Waals surface area contributed by atoms with Crippen molar-refractivity contribution in [3.05, 3.63) is 35.4 Å². The van der Waals surface area contributed by atoms with E-state index in [1.165, 1.54) is 31.2 Å². The van der Waals surface area contributed by atoms with Gasteiger partial charge >= 0.3 is 0 Å². The molecule has 2 nitrogen and oxygen atoms in total. The van der Waals surface area contributed by atoms with Crippen LogP contribution in [0.1, 0.15) is 43.7 Å². The third kappa shape index (κ3) is 3.11. The Bertz CT molecular complexity index is 433. The summed E-state index contributed by atoms with van der Waals surface area (Å²) in [6.07, 6.45) is 5.41. The lowest BCUT2D eigenvalue weighted by atomic mass is 9.85. The maximum Gasteiger partial charge on any atom is 0.0991 e. The van der Waals surface area contributed by atoms with Gasteiger partial charge in [0.15, 0.2) is 0 Å². The Labute approximate surface area is 110 Å². The second kappa shape index (κ2) is 6.02. The minimum absolute atomic E-state index is 0.699. The zero-order valence-corrected chi connectivity index (χ0v) is 11.4. The highest BCUT2D eigenvalue weighted by Gasteiger charge is 2.24. The smallest absolute Gasteiger partial charge is 0.0991 e. The van der Waals surface area contributed by atoms with E-state index in [1.54, 1.807) is 0 Å². The fraction of sp³-hybridized carbons (Fsp3) is 0.562. The molecule has 96 valence electrons. The van der Waals surface area contributed by atoms with Gasteiger partial charge in [-0.05, 0) is 43.5 Å². The molecule has 1 saturated carbocycles. The second-order valence-electron chi connectivity index (χ2n) is 5.56. The summed E-state index contributed by atoms with van der Waals surface area (Å²) in [5.41, 5.74) is 2.01. The first-order chi connectivity index (χ1) is 8.70. The molecule has 0 aromatic heterocycles. The quantitative estimate of drug-likeness (QED) is 0.810. The number of rotatable bonds is 3. The number of nitriles is 1. The van der Waals surface area contributed by atoms with Gasteiger partial charge < -0.3 is 0 Å². The van der Waals surface area contributed by atoms with Crippen LogP contribution in [0.4, 0.5) is 0 Å². The van der Waals surface area contributed by atoms with Crippen LogP contribution in [0, 0.1) is 17.2 Å². The van der Waals surface area contributed by atoms with Crippen LogP contribution < -0.4 is 0 Å². The highest BCUT2D eigenvalue weighted by molar-refractivity contribution is 5.32. The summed E-state index contributed by atoms with van der Waals surface area (Å²) in [4.78, 5) is 2.46. The van der Waals surface area contributed by atoms with Gasteiger partial charge in [0.25, 0.3) is 0 Å². The molecule has 0 bridgehead atoms. The van der Waals surface area contributed by atoms with Gasteiger partial charge in [0.05, 0.1) is 11.6 Å². The summed E-state index contributed by atoms with van der Waals surface area (Å²) in [6, 6.07) is 10.9. The molecule has 2 atom stereocenters. The van der Waals surface area contributed by atoms with E-state index >= 15 is 0 Å². The van der Waals surface area contributed by atoms with E-state index in [2.05, 4.69) is 31.0 Å². The first-order valence-electron chi connectivity index (χ1n) is 6.90. The lowest BCUT2D eigenvalue weighted by Crippen LogP contribution is -2.38. The molecule has 18 heavy (non-hydrogen) atoms. The highest BCUT2D eigenvalue weighted by Crippen LogP contribution is 2.28. The molecule has 0 heterocycles. The van der Waals surface area contributed by atoms with E-state index < -0.39 is 0 Å². The Hall–Kier alpha value is -1.33. The molecule has 2 rings (SSSR count). The predicted octanol–water partition coefficient (Wildman–Crippen LogP) is 3.57. The summed E-state index contributed by atoms with van der Waals surface area (Å²) >= 11 is 0. The molecule has 1 aromatic rings. The van der Waals surface area contributed by atoms with Crippen LogP contribution in [0.25, 0.3) is 0 Å². The van der Waals surface area contributed by atoms with E-state index in [1.807, 2.05) is 18.2 Å². The Kier molecular flexibility index (Phi) is 4.38. The maximum atomic E-state index is 8.92. The Morgan fingerprint density at radius 2 is 2.11 bits per heavy atom. The summed E-state index contributed by atoms with van der Waals surface area (Å²) in [6.45, 7) is 3.32. The molecule has 2 unspecified atom stereocenters. The average Bonchev–Trinajstić information content (AvgIpc) is 2.39. The van der Waals surface area contributed by atoms with Gasteiger partial charge in [0.1, 0.15) is 0 Å². The van der Waals surface area contributed by atoms with E-state index in [4.69, 9.17) is 5.26 Å². The van der Waals surface area contributed by atoms with E-state index in [0.29, 0.717) is 6.04 Å². The Balaban J connectivity index is 2.01. The fourth-order valence-corrected chi connectivity index (χ4v) is 3.10. The van der Waals surface area contributed by atoms with Gasteiger partial charge in [-0.2, -0.15) is 5.26 Å². The molecule has 0 amide bonds. The fourth-order valence-electron chi connectivity index (χ4n) is 3.10. The molecule has 1 aromatic carbocycles. The third-order valence-corrected chi connectivity index (χ3v) is 4.12. The minimum Gasteiger partial charge on any atom is -0.299 e. The lowest BCUT2D eigenvalue weighted by Gasteiger charge is -2.36. The van der Waals surface area contributed by atoms with Crippen molar-refractivity contribution in [3.63, 3.8) is 0 Å². The zero-order chi connectivity index (χ0) is 13.0. The Morgan fingerprint density at radius 3 is 2.83 bits per heavy atom. The van der Waals surface area contributed by atoms with Gasteiger partial charge in [-0.1, -0.05) is 31.9 Å². The van der Waals surface area contributed by atoms with Crippen LogP contribution in [0.15, 0.2) is 24.3 Å². The molecule has 0 radical (unpaired) electrons. The van der Waals surface area contributed by atoms with Crippen LogP contribution in [0.3, 0.4) is 0 Å². The van der Waals surface area contributed by atoms with Crippen molar-refractivity contribution in [2.45, 2.75) is 45.2 Å². The van der Waals surface area contributed by atoms with Gasteiger partial charge in [0.2, 0.25) is 0 Å². The van der Waals surface area contributed by atoms with Crippen LogP contribution in [-0.2, 0) is 6.54 Å². The van der Waals surface area contributed by atoms with Gasteiger partial charge in [-0.3, -0.25) is 4.90 Å². The van der Waals surface area contributed by atoms with Gasteiger partial charge in [-0.25, -0.2) is 0 Å². The lowest BCUT2D eigenvalue weighted by molar-refractivity contribution is 0.133. The van der Waals surface area contributed by atoms with Crippen molar-refractivity contribution < 1.29 is 0 Å². The molecule has 1 fully saturated rings. The molecule has 1 aliphatic carbocycles. The summed E-state index contributed by atoms with van der Waals surface area (Å²) in [7, 11) is 2.21.